The predicted molar refractivity (Wildman–Crippen MR) is 109 cm³/mol. The van der Waals surface area contributed by atoms with E-state index in [9.17, 15) is 9.59 Å². The Morgan fingerprint density at radius 2 is 1.63 bits per heavy atom. The normalized spacial score (nSPS) is 18.7. The van der Waals surface area contributed by atoms with Gasteiger partial charge in [0.2, 0.25) is 5.78 Å². The van der Waals surface area contributed by atoms with Gasteiger partial charge in [-0.2, -0.15) is 0 Å². The van der Waals surface area contributed by atoms with E-state index < -0.39 is 0 Å². The summed E-state index contributed by atoms with van der Waals surface area (Å²) in [6.07, 6.45) is 1.10. The van der Waals surface area contributed by atoms with Crippen molar-refractivity contribution in [2.24, 2.45) is 0 Å². The second-order valence-electron chi connectivity index (χ2n) is 7.13. The Morgan fingerprint density at radius 1 is 1.00 bits per heavy atom. The van der Waals surface area contributed by atoms with E-state index in [0.717, 1.165) is 17.7 Å². The molecule has 0 unspecified atom stereocenters. The molecule has 0 aliphatic carbocycles. The number of hydrogen-bond acceptors (Lipinski definition) is 3. The lowest BCUT2D eigenvalue weighted by atomic mass is 9.80. The Kier molecular flexibility index (Phi) is 5.94. The van der Waals surface area contributed by atoms with Crippen LogP contribution in [0.2, 0.25) is 0 Å². The van der Waals surface area contributed by atoms with Crippen LogP contribution in [0.15, 0.2) is 54.6 Å². The van der Waals surface area contributed by atoms with E-state index in [2.05, 4.69) is 36.2 Å². The molecular weight excluding hydrogens is 336 g/mol. The summed E-state index contributed by atoms with van der Waals surface area (Å²) in [5, 5.41) is 0. The van der Waals surface area contributed by atoms with Crippen molar-refractivity contribution in [3.63, 3.8) is 0 Å². The number of hydrogen-bond donors (Lipinski definition) is 0. The third-order valence-corrected chi connectivity index (χ3v) is 5.64. The summed E-state index contributed by atoms with van der Waals surface area (Å²) in [7, 11) is 2.11. The number of Topliss-reactive ketones (excluding diaryl/α,β-unsaturated/α-hetero) is 1. The van der Waals surface area contributed by atoms with Crippen LogP contribution in [0.4, 0.5) is 5.69 Å². The van der Waals surface area contributed by atoms with Crippen LogP contribution in [0, 0.1) is 0 Å². The van der Waals surface area contributed by atoms with Crippen molar-refractivity contribution in [3.8, 4) is 0 Å². The fourth-order valence-corrected chi connectivity index (χ4v) is 4.10. The van der Waals surface area contributed by atoms with E-state index in [0.29, 0.717) is 13.1 Å². The van der Waals surface area contributed by atoms with E-state index in [-0.39, 0.29) is 30.1 Å². The average Bonchev–Trinajstić information content (AvgIpc) is 2.71. The maximum absolute atomic E-state index is 12.7. The van der Waals surface area contributed by atoms with Gasteiger partial charge in [0.15, 0.2) is 0 Å². The molecule has 2 aromatic rings. The van der Waals surface area contributed by atoms with Crippen LogP contribution in [-0.4, -0.2) is 36.7 Å². The number of benzene rings is 2. The summed E-state index contributed by atoms with van der Waals surface area (Å²) in [5.74, 6) is -0.586. The molecule has 4 heteroatoms. The number of likely N-dealkylation sites (N-methyl/N-ethyl adjacent to an activating group) is 1. The Hall–Kier alpha value is -2.62. The van der Waals surface area contributed by atoms with Gasteiger partial charge in [0.25, 0.3) is 5.91 Å². The van der Waals surface area contributed by atoms with Crippen LogP contribution in [0.3, 0.4) is 0 Å². The fourth-order valence-electron chi connectivity index (χ4n) is 4.10. The first-order valence-electron chi connectivity index (χ1n) is 9.75. The molecule has 0 spiro atoms. The molecule has 3 rings (SSSR count). The molecular formula is C23H28N2O2. The van der Waals surface area contributed by atoms with Gasteiger partial charge < -0.3 is 9.80 Å². The highest BCUT2D eigenvalue weighted by Gasteiger charge is 2.34. The van der Waals surface area contributed by atoms with Crippen LogP contribution in [-0.2, 0) is 9.59 Å². The molecule has 1 heterocycles. The number of para-hydroxylation sites is 1. The zero-order valence-electron chi connectivity index (χ0n) is 16.4. The molecule has 0 bridgehead atoms. The molecule has 0 saturated carbocycles. The van der Waals surface area contributed by atoms with Gasteiger partial charge in [-0.1, -0.05) is 48.5 Å². The Balaban J connectivity index is 1.89. The molecule has 0 N–H and O–H groups in total. The molecule has 2 aromatic carbocycles. The fraction of sp³-hybridized carbons (Fsp3) is 0.391. The highest BCUT2D eigenvalue weighted by Crippen LogP contribution is 2.45. The second kappa shape index (κ2) is 8.38. The van der Waals surface area contributed by atoms with Gasteiger partial charge in [-0.15, -0.1) is 0 Å². The maximum atomic E-state index is 12.7. The smallest absolute Gasteiger partial charge is 0.289 e. The maximum Gasteiger partial charge on any atom is 0.289 e. The SMILES string of the molecule is CCN(CC)C(=O)C(=O)C[C@H]1C[C@H](c2ccccc2)N(C)c2ccccc21. The Morgan fingerprint density at radius 3 is 2.30 bits per heavy atom. The Labute approximate surface area is 161 Å². The van der Waals surface area contributed by atoms with E-state index in [1.807, 2.05) is 44.2 Å². The van der Waals surface area contributed by atoms with Gasteiger partial charge in [0.1, 0.15) is 0 Å². The molecule has 0 radical (unpaired) electrons. The quantitative estimate of drug-likeness (QED) is 0.722. The number of carbonyl (C=O) groups excluding carboxylic acids is 2. The minimum atomic E-state index is -0.354. The van der Waals surface area contributed by atoms with Gasteiger partial charge in [-0.25, -0.2) is 0 Å². The highest BCUT2D eigenvalue weighted by atomic mass is 16.2. The minimum Gasteiger partial charge on any atom is -0.367 e. The topological polar surface area (TPSA) is 40.6 Å². The number of fused-ring (bicyclic) bond motifs is 1. The number of rotatable bonds is 6. The third kappa shape index (κ3) is 3.90. The van der Waals surface area contributed by atoms with Crippen molar-refractivity contribution < 1.29 is 9.59 Å². The monoisotopic (exact) mass is 364 g/mol. The zero-order chi connectivity index (χ0) is 19.4. The summed E-state index contributed by atoms with van der Waals surface area (Å²) in [6, 6.07) is 18.8. The van der Waals surface area contributed by atoms with E-state index in [4.69, 9.17) is 0 Å². The molecule has 0 saturated heterocycles. The molecule has 1 aliphatic heterocycles. The van der Waals surface area contributed by atoms with E-state index in [1.54, 1.807) is 4.90 Å². The molecule has 2 atom stereocenters. The number of ketones is 1. The van der Waals surface area contributed by atoms with Crippen LogP contribution in [0.25, 0.3) is 0 Å². The van der Waals surface area contributed by atoms with Crippen molar-refractivity contribution in [1.29, 1.82) is 0 Å². The van der Waals surface area contributed by atoms with Gasteiger partial charge in [0, 0.05) is 32.2 Å². The number of anilines is 1. The van der Waals surface area contributed by atoms with Gasteiger partial charge in [-0.3, -0.25) is 9.59 Å². The summed E-state index contributed by atoms with van der Waals surface area (Å²) in [4.78, 5) is 29.1. The summed E-state index contributed by atoms with van der Waals surface area (Å²) < 4.78 is 0. The number of carbonyl (C=O) groups is 2. The summed E-state index contributed by atoms with van der Waals surface area (Å²) in [5.41, 5.74) is 3.54. The first-order chi connectivity index (χ1) is 13.1. The standard InChI is InChI=1S/C23H28N2O2/c1-4-25(5-2)23(27)22(26)16-18-15-21(17-11-7-6-8-12-17)24(3)20-14-10-9-13-19(18)20/h6-14,18,21H,4-5,15-16H2,1-3H3/t18-,21-/m1/s1. The summed E-state index contributed by atoms with van der Waals surface area (Å²) >= 11 is 0. The minimum absolute atomic E-state index is 0.0506. The number of amides is 1. The first kappa shape index (κ1) is 19.2. The number of nitrogens with zero attached hydrogens (tertiary/aromatic N) is 2. The lowest BCUT2D eigenvalue weighted by Crippen LogP contribution is -2.38. The van der Waals surface area contributed by atoms with Crippen molar-refractivity contribution >= 4 is 17.4 Å². The van der Waals surface area contributed by atoms with Crippen molar-refractivity contribution in [2.75, 3.05) is 25.0 Å². The average molecular weight is 364 g/mol. The van der Waals surface area contributed by atoms with Gasteiger partial charge >= 0.3 is 0 Å². The summed E-state index contributed by atoms with van der Waals surface area (Å²) in [6.45, 7) is 4.95. The van der Waals surface area contributed by atoms with Crippen LogP contribution in [0.1, 0.15) is 49.8 Å². The van der Waals surface area contributed by atoms with Crippen LogP contribution < -0.4 is 4.90 Å². The second-order valence-corrected chi connectivity index (χ2v) is 7.13. The molecule has 142 valence electrons. The molecule has 4 nitrogen and oxygen atoms in total. The van der Waals surface area contributed by atoms with Crippen LogP contribution in [0.5, 0.6) is 0 Å². The lowest BCUT2D eigenvalue weighted by Gasteiger charge is -2.40. The third-order valence-electron chi connectivity index (χ3n) is 5.64. The van der Waals surface area contributed by atoms with E-state index >= 15 is 0 Å². The zero-order valence-corrected chi connectivity index (χ0v) is 16.4. The van der Waals surface area contributed by atoms with E-state index in [1.165, 1.54) is 5.56 Å². The first-order valence-corrected chi connectivity index (χ1v) is 9.75. The Bertz CT molecular complexity index is 799. The molecule has 0 fully saturated rings. The van der Waals surface area contributed by atoms with Crippen molar-refractivity contribution in [3.05, 3.63) is 65.7 Å². The lowest BCUT2D eigenvalue weighted by molar-refractivity contribution is -0.144. The van der Waals surface area contributed by atoms with Crippen LogP contribution >= 0.6 is 0 Å². The predicted octanol–water partition coefficient (Wildman–Crippen LogP) is 4.18. The van der Waals surface area contributed by atoms with Gasteiger partial charge in [0.05, 0.1) is 6.04 Å². The molecule has 27 heavy (non-hydrogen) atoms. The largest absolute Gasteiger partial charge is 0.367 e. The van der Waals surface area contributed by atoms with Crippen molar-refractivity contribution in [1.82, 2.24) is 4.90 Å². The van der Waals surface area contributed by atoms with Crippen molar-refractivity contribution in [2.45, 2.75) is 38.6 Å². The van der Waals surface area contributed by atoms with Gasteiger partial charge in [-0.05, 0) is 43.4 Å². The molecule has 0 aromatic heterocycles. The highest BCUT2D eigenvalue weighted by molar-refractivity contribution is 6.36. The molecule has 1 aliphatic rings. The molecule has 1 amide bonds.